The number of nitrogens with one attached hydrogen (secondary N) is 2. The predicted octanol–water partition coefficient (Wildman–Crippen LogP) is -0.840. The van der Waals surface area contributed by atoms with Crippen molar-refractivity contribution < 1.29 is 28.8 Å². The number of hydrogen-bond acceptors (Lipinski definition) is 7. The number of rotatable bonds is 6. The normalized spacial score (nSPS) is 25.7. The molecule has 3 aliphatic rings. The fourth-order valence-electron chi connectivity index (χ4n) is 4.76. The topological polar surface area (TPSA) is 162 Å². The van der Waals surface area contributed by atoms with E-state index >= 15 is 0 Å². The van der Waals surface area contributed by atoms with E-state index in [2.05, 4.69) is 10.6 Å². The molecule has 4 atom stereocenters. The quantitative estimate of drug-likeness (QED) is 0.328. The number of nitrogens with zero attached hydrogens (tertiary/aromatic N) is 3. The van der Waals surface area contributed by atoms with E-state index in [1.807, 2.05) is 0 Å². The number of benzene rings is 1. The summed E-state index contributed by atoms with van der Waals surface area (Å²) in [5, 5.41) is 4.73. The number of thioether (sulfide) groups is 1. The van der Waals surface area contributed by atoms with E-state index < -0.39 is 63.8 Å². The highest BCUT2D eigenvalue weighted by Crippen LogP contribution is 2.50. The highest BCUT2D eigenvalue weighted by molar-refractivity contribution is 8.01. The summed E-state index contributed by atoms with van der Waals surface area (Å²) < 4.78 is -0.633. The molecule has 0 aliphatic carbocycles. The predicted molar refractivity (Wildman–Crippen MR) is 129 cm³/mol. The molecule has 0 aromatic heterocycles. The number of primary amides is 1. The summed E-state index contributed by atoms with van der Waals surface area (Å²) in [6, 6.07) is 4.50. The molecule has 7 amide bonds. The molecule has 4 rings (SSSR count). The number of urea groups is 1. The molecule has 192 valence electrons. The number of β-lactam (4-membered cyclic amide) rings is 1. The van der Waals surface area contributed by atoms with Crippen LogP contribution in [-0.2, 0) is 24.0 Å². The van der Waals surface area contributed by atoms with E-state index in [0.29, 0.717) is 12.1 Å². The SMILES string of the molecule is CCN1CCN(C(=O)NC(C(=O)NC2C(=O)N3C2SC(C)(C)C3C(N)=O)c2ccccc2)C(=O)C1=O. The molecule has 3 heterocycles. The Morgan fingerprint density at radius 1 is 1.11 bits per heavy atom. The van der Waals surface area contributed by atoms with Gasteiger partial charge in [-0.3, -0.25) is 28.9 Å². The van der Waals surface area contributed by atoms with Gasteiger partial charge in [0.05, 0.1) is 0 Å². The van der Waals surface area contributed by atoms with E-state index in [0.717, 1.165) is 4.90 Å². The lowest BCUT2D eigenvalue weighted by Crippen LogP contribution is -2.71. The molecule has 1 aromatic carbocycles. The number of piperazine rings is 1. The second-order valence-electron chi connectivity index (χ2n) is 9.28. The molecule has 12 nitrogen and oxygen atoms in total. The third-order valence-electron chi connectivity index (χ3n) is 6.61. The molecule has 3 saturated heterocycles. The van der Waals surface area contributed by atoms with Crippen LogP contribution >= 0.6 is 11.8 Å². The minimum absolute atomic E-state index is 0.00819. The molecule has 0 spiro atoms. The summed E-state index contributed by atoms with van der Waals surface area (Å²) >= 11 is 1.36. The Kier molecular flexibility index (Phi) is 6.69. The van der Waals surface area contributed by atoms with Crippen LogP contribution in [0.3, 0.4) is 0 Å². The first-order chi connectivity index (χ1) is 17.0. The van der Waals surface area contributed by atoms with Gasteiger partial charge in [-0.1, -0.05) is 30.3 Å². The maximum atomic E-state index is 13.3. The number of carbonyl (C=O) groups is 6. The first kappa shape index (κ1) is 25.5. The molecule has 0 radical (unpaired) electrons. The zero-order chi connectivity index (χ0) is 26.4. The van der Waals surface area contributed by atoms with Crippen molar-refractivity contribution in [2.75, 3.05) is 19.6 Å². The Balaban J connectivity index is 1.51. The summed E-state index contributed by atoms with van der Waals surface area (Å²) in [5.74, 6) is -3.49. The van der Waals surface area contributed by atoms with Gasteiger partial charge in [0.15, 0.2) is 0 Å². The van der Waals surface area contributed by atoms with Crippen molar-refractivity contribution in [3.63, 3.8) is 0 Å². The van der Waals surface area contributed by atoms with Crippen LogP contribution in [0.5, 0.6) is 0 Å². The van der Waals surface area contributed by atoms with Crippen LogP contribution in [0.25, 0.3) is 0 Å². The molecule has 3 aliphatic heterocycles. The third-order valence-corrected chi connectivity index (χ3v) is 8.18. The molecule has 4 unspecified atom stereocenters. The molecule has 4 N–H and O–H groups in total. The van der Waals surface area contributed by atoms with Crippen molar-refractivity contribution in [2.45, 2.75) is 49.0 Å². The second-order valence-corrected chi connectivity index (χ2v) is 11.1. The van der Waals surface area contributed by atoms with Crippen LogP contribution in [0.4, 0.5) is 4.79 Å². The Morgan fingerprint density at radius 3 is 2.39 bits per heavy atom. The van der Waals surface area contributed by atoms with Crippen molar-refractivity contribution in [1.29, 1.82) is 0 Å². The molecule has 1 aromatic rings. The molecule has 0 saturated carbocycles. The minimum atomic E-state index is -1.24. The van der Waals surface area contributed by atoms with Gasteiger partial charge in [0.25, 0.3) is 0 Å². The van der Waals surface area contributed by atoms with Gasteiger partial charge in [-0.05, 0) is 26.3 Å². The monoisotopic (exact) mass is 516 g/mol. The van der Waals surface area contributed by atoms with Gasteiger partial charge in [0.2, 0.25) is 17.7 Å². The van der Waals surface area contributed by atoms with Crippen molar-refractivity contribution in [2.24, 2.45) is 5.73 Å². The fraction of sp³-hybridized carbons (Fsp3) is 0.478. The maximum absolute atomic E-state index is 13.3. The average Bonchev–Trinajstić information content (AvgIpc) is 3.10. The Labute approximate surface area is 211 Å². The van der Waals surface area contributed by atoms with Crippen LogP contribution in [0, 0.1) is 0 Å². The number of imide groups is 1. The van der Waals surface area contributed by atoms with Gasteiger partial charge < -0.3 is 26.2 Å². The largest absolute Gasteiger partial charge is 0.368 e. The summed E-state index contributed by atoms with van der Waals surface area (Å²) in [5.41, 5.74) is 5.94. The fourth-order valence-corrected chi connectivity index (χ4v) is 6.40. The maximum Gasteiger partial charge on any atom is 0.325 e. The molecule has 3 fully saturated rings. The smallest absolute Gasteiger partial charge is 0.325 e. The molecule has 13 heteroatoms. The molecule has 36 heavy (non-hydrogen) atoms. The summed E-state index contributed by atoms with van der Waals surface area (Å²) in [6.45, 7) is 5.87. The van der Waals surface area contributed by atoms with Gasteiger partial charge in [-0.25, -0.2) is 4.79 Å². The van der Waals surface area contributed by atoms with E-state index in [-0.39, 0.29) is 13.1 Å². The lowest BCUT2D eigenvalue weighted by atomic mass is 9.95. The lowest BCUT2D eigenvalue weighted by Gasteiger charge is -2.44. The lowest BCUT2D eigenvalue weighted by molar-refractivity contribution is -0.154. The molecular formula is C23H28N6O6S. The van der Waals surface area contributed by atoms with Crippen molar-refractivity contribution in [3.8, 4) is 0 Å². The summed E-state index contributed by atoms with van der Waals surface area (Å²) in [7, 11) is 0. The van der Waals surface area contributed by atoms with E-state index in [1.54, 1.807) is 51.1 Å². The Hall–Kier alpha value is -3.61. The first-order valence-electron chi connectivity index (χ1n) is 11.5. The summed E-state index contributed by atoms with van der Waals surface area (Å²) in [4.78, 5) is 79.3. The van der Waals surface area contributed by atoms with Crippen molar-refractivity contribution >= 4 is 47.3 Å². The van der Waals surface area contributed by atoms with Gasteiger partial charge in [-0.15, -0.1) is 11.8 Å². The van der Waals surface area contributed by atoms with Crippen molar-refractivity contribution in [1.82, 2.24) is 25.3 Å². The van der Waals surface area contributed by atoms with Crippen LogP contribution < -0.4 is 16.4 Å². The van der Waals surface area contributed by atoms with Crippen LogP contribution in [0.1, 0.15) is 32.4 Å². The number of fused-ring (bicyclic) bond motifs is 1. The van der Waals surface area contributed by atoms with Gasteiger partial charge in [-0.2, -0.15) is 0 Å². The highest BCUT2D eigenvalue weighted by Gasteiger charge is 2.63. The number of hydrogen-bond donors (Lipinski definition) is 3. The Morgan fingerprint density at radius 2 is 1.78 bits per heavy atom. The molecular weight excluding hydrogens is 488 g/mol. The Bertz CT molecular complexity index is 1130. The van der Waals surface area contributed by atoms with E-state index in [4.69, 9.17) is 5.73 Å². The minimum Gasteiger partial charge on any atom is -0.368 e. The average molecular weight is 517 g/mol. The van der Waals surface area contributed by atoms with Crippen LogP contribution in [-0.4, -0.2) is 92.1 Å². The highest BCUT2D eigenvalue weighted by atomic mass is 32.2. The zero-order valence-corrected chi connectivity index (χ0v) is 20.9. The van der Waals surface area contributed by atoms with Gasteiger partial charge in [0, 0.05) is 24.4 Å². The second kappa shape index (κ2) is 9.45. The summed E-state index contributed by atoms with van der Waals surface area (Å²) in [6.07, 6.45) is 0. The number of likely N-dealkylation sites (N-methyl/N-ethyl adjacent to an activating group) is 1. The number of nitrogens with two attached hydrogens (primary N) is 1. The number of carbonyl (C=O) groups excluding carboxylic acids is 6. The van der Waals surface area contributed by atoms with E-state index in [9.17, 15) is 28.8 Å². The standard InChI is InChI=1S/C23H28N6O6S/c1-4-27-10-11-28(20(34)19(27)33)22(35)26-13(12-8-6-5-7-9-12)17(31)25-14-18(32)29-15(16(24)30)23(2,3)36-21(14)29/h5-9,13-15,21H,4,10-11H2,1-3H3,(H2,24,30)(H,25,31)(H,26,35). The van der Waals surface area contributed by atoms with Crippen LogP contribution in [0.15, 0.2) is 30.3 Å². The van der Waals surface area contributed by atoms with Gasteiger partial charge in [0.1, 0.15) is 23.5 Å². The zero-order valence-electron chi connectivity index (χ0n) is 20.1. The number of amides is 7. The van der Waals surface area contributed by atoms with Crippen LogP contribution in [0.2, 0.25) is 0 Å². The van der Waals surface area contributed by atoms with Gasteiger partial charge >= 0.3 is 17.8 Å². The van der Waals surface area contributed by atoms with Crippen molar-refractivity contribution in [3.05, 3.63) is 35.9 Å². The first-order valence-corrected chi connectivity index (χ1v) is 12.4. The third kappa shape index (κ3) is 4.27. The van der Waals surface area contributed by atoms with E-state index in [1.165, 1.54) is 21.6 Å². The molecule has 0 bridgehead atoms.